The van der Waals surface area contributed by atoms with Crippen LogP contribution in [0.15, 0.2) is 42.5 Å². The van der Waals surface area contributed by atoms with E-state index in [0.717, 1.165) is 11.1 Å². The van der Waals surface area contributed by atoms with Gasteiger partial charge >= 0.3 is 6.09 Å². The predicted octanol–water partition coefficient (Wildman–Crippen LogP) is 3.82. The molecule has 3 rings (SSSR count). The van der Waals surface area contributed by atoms with E-state index < -0.39 is 11.7 Å². The van der Waals surface area contributed by atoms with E-state index in [2.05, 4.69) is 5.32 Å². The van der Waals surface area contributed by atoms with Crippen LogP contribution in [-0.4, -0.2) is 23.5 Å². The van der Waals surface area contributed by atoms with Crippen LogP contribution < -0.4 is 10.2 Å². The number of ether oxygens (including phenoxy) is 1. The monoisotopic (exact) mass is 366 g/mol. The molecule has 0 unspecified atom stereocenters. The summed E-state index contributed by atoms with van der Waals surface area (Å²) in [6, 6.07) is 12.2. The number of anilines is 1. The van der Waals surface area contributed by atoms with Gasteiger partial charge in [-0.25, -0.2) is 9.69 Å². The van der Waals surface area contributed by atoms with Crippen LogP contribution in [0.4, 0.5) is 10.5 Å². The Bertz CT molecular complexity index is 893. The average molecular weight is 366 g/mol. The first kappa shape index (κ1) is 18.6. The van der Waals surface area contributed by atoms with Gasteiger partial charge in [0, 0.05) is 6.54 Å². The van der Waals surface area contributed by atoms with Gasteiger partial charge in [-0.3, -0.25) is 9.59 Å². The van der Waals surface area contributed by atoms with Crippen molar-refractivity contribution < 1.29 is 19.1 Å². The molecule has 1 N–H and O–H groups in total. The van der Waals surface area contributed by atoms with E-state index >= 15 is 0 Å². The van der Waals surface area contributed by atoms with E-state index in [9.17, 15) is 14.4 Å². The van der Waals surface area contributed by atoms with Gasteiger partial charge in [0.1, 0.15) is 5.60 Å². The second kappa shape index (κ2) is 6.87. The number of benzene rings is 2. The van der Waals surface area contributed by atoms with Crippen molar-refractivity contribution in [3.63, 3.8) is 0 Å². The fourth-order valence-corrected chi connectivity index (χ4v) is 2.98. The first-order valence-corrected chi connectivity index (χ1v) is 8.71. The molecule has 27 heavy (non-hydrogen) atoms. The molecule has 0 aromatic heterocycles. The molecule has 0 saturated heterocycles. The van der Waals surface area contributed by atoms with Crippen LogP contribution in [0.5, 0.6) is 0 Å². The highest BCUT2D eigenvalue weighted by Crippen LogP contribution is 2.29. The molecule has 0 atom stereocenters. The minimum Gasteiger partial charge on any atom is -0.444 e. The number of nitrogens with zero attached hydrogens (tertiary/aromatic N) is 1. The van der Waals surface area contributed by atoms with Crippen molar-refractivity contribution in [3.8, 4) is 0 Å². The highest BCUT2D eigenvalue weighted by atomic mass is 16.6. The zero-order chi connectivity index (χ0) is 19.8. The van der Waals surface area contributed by atoms with Crippen molar-refractivity contribution >= 4 is 23.6 Å². The summed E-state index contributed by atoms with van der Waals surface area (Å²) in [5, 5.41) is 2.69. The van der Waals surface area contributed by atoms with Crippen LogP contribution in [0.25, 0.3) is 0 Å². The molecule has 0 radical (unpaired) electrons. The van der Waals surface area contributed by atoms with Crippen molar-refractivity contribution in [2.75, 3.05) is 4.90 Å². The van der Waals surface area contributed by atoms with Gasteiger partial charge < -0.3 is 10.1 Å². The lowest BCUT2D eigenvalue weighted by atomic mass is 10.1. The number of aryl methyl sites for hydroxylation is 1. The van der Waals surface area contributed by atoms with Crippen LogP contribution in [0.3, 0.4) is 0 Å². The van der Waals surface area contributed by atoms with Crippen molar-refractivity contribution in [2.45, 2.75) is 39.8 Å². The second-order valence-corrected chi connectivity index (χ2v) is 7.52. The molecular formula is C21H22N2O4. The highest BCUT2D eigenvalue weighted by molar-refractivity contribution is 6.34. The predicted molar refractivity (Wildman–Crippen MR) is 102 cm³/mol. The summed E-state index contributed by atoms with van der Waals surface area (Å²) in [6.07, 6.45) is -0.522. The molecule has 0 spiro atoms. The Morgan fingerprint density at radius 1 is 1.04 bits per heavy atom. The van der Waals surface area contributed by atoms with Gasteiger partial charge in [0.2, 0.25) is 0 Å². The molecule has 1 heterocycles. The second-order valence-electron chi connectivity index (χ2n) is 7.52. The third-order valence-electron chi connectivity index (χ3n) is 4.01. The molecule has 2 aromatic carbocycles. The normalized spacial score (nSPS) is 13.6. The number of fused-ring (bicyclic) bond motifs is 1. The van der Waals surface area contributed by atoms with Crippen LogP contribution in [0, 0.1) is 6.92 Å². The maximum atomic E-state index is 12.7. The van der Waals surface area contributed by atoms with Gasteiger partial charge in [0.15, 0.2) is 0 Å². The van der Waals surface area contributed by atoms with E-state index in [-0.39, 0.29) is 18.4 Å². The Morgan fingerprint density at radius 3 is 2.19 bits per heavy atom. The molecule has 0 fully saturated rings. The molecule has 0 aliphatic carbocycles. The molecule has 3 amide bonds. The van der Waals surface area contributed by atoms with E-state index in [4.69, 9.17) is 4.74 Å². The fourth-order valence-electron chi connectivity index (χ4n) is 2.98. The summed E-state index contributed by atoms with van der Waals surface area (Å²) in [5.41, 5.74) is 2.36. The summed E-state index contributed by atoms with van der Waals surface area (Å²) in [4.78, 5) is 38.4. The van der Waals surface area contributed by atoms with Crippen LogP contribution >= 0.6 is 0 Å². The van der Waals surface area contributed by atoms with E-state index in [1.807, 2.05) is 13.0 Å². The molecule has 1 aliphatic heterocycles. The SMILES string of the molecule is Cc1cc(CNC(=O)OC(C)(C)C)cc(N2C(=O)c3ccccc3C2=O)c1. The molecule has 0 saturated carbocycles. The Hall–Kier alpha value is -3.15. The molecular weight excluding hydrogens is 344 g/mol. The molecule has 6 nitrogen and oxygen atoms in total. The third-order valence-corrected chi connectivity index (χ3v) is 4.01. The first-order valence-electron chi connectivity index (χ1n) is 8.71. The third kappa shape index (κ3) is 4.00. The van der Waals surface area contributed by atoms with Gasteiger partial charge in [-0.05, 0) is 63.1 Å². The lowest BCUT2D eigenvalue weighted by Gasteiger charge is -2.20. The highest BCUT2D eigenvalue weighted by Gasteiger charge is 2.36. The summed E-state index contributed by atoms with van der Waals surface area (Å²) in [7, 11) is 0. The molecule has 0 bridgehead atoms. The van der Waals surface area contributed by atoms with Gasteiger partial charge in [-0.1, -0.05) is 18.2 Å². The number of hydrogen-bond acceptors (Lipinski definition) is 4. The summed E-state index contributed by atoms with van der Waals surface area (Å²) < 4.78 is 5.23. The summed E-state index contributed by atoms with van der Waals surface area (Å²) in [6.45, 7) is 7.48. The van der Waals surface area contributed by atoms with E-state index in [1.165, 1.54) is 4.90 Å². The number of rotatable bonds is 3. The van der Waals surface area contributed by atoms with Gasteiger partial charge in [0.25, 0.3) is 11.8 Å². The molecule has 1 aliphatic rings. The number of amides is 3. The Morgan fingerprint density at radius 2 is 1.63 bits per heavy atom. The standard InChI is InChI=1S/C21H22N2O4/c1-13-9-14(12-22-20(26)27-21(2,3)4)11-15(10-13)23-18(24)16-7-5-6-8-17(16)19(23)25/h5-11H,12H2,1-4H3,(H,22,26). The number of hydrogen-bond donors (Lipinski definition) is 1. The number of imide groups is 1. The fraction of sp³-hybridized carbons (Fsp3) is 0.286. The lowest BCUT2D eigenvalue weighted by Crippen LogP contribution is -2.32. The van der Waals surface area contributed by atoms with Crippen molar-refractivity contribution in [1.82, 2.24) is 5.32 Å². The van der Waals surface area contributed by atoms with Gasteiger partial charge in [-0.15, -0.1) is 0 Å². The smallest absolute Gasteiger partial charge is 0.407 e. The molecule has 2 aromatic rings. The minimum absolute atomic E-state index is 0.229. The minimum atomic E-state index is -0.581. The van der Waals surface area contributed by atoms with Gasteiger partial charge in [-0.2, -0.15) is 0 Å². The van der Waals surface area contributed by atoms with E-state index in [1.54, 1.807) is 57.2 Å². The topological polar surface area (TPSA) is 75.7 Å². The van der Waals surface area contributed by atoms with Gasteiger partial charge in [0.05, 0.1) is 16.8 Å². The number of nitrogens with one attached hydrogen (secondary N) is 1. The lowest BCUT2D eigenvalue weighted by molar-refractivity contribution is 0.0523. The number of carbonyl (C=O) groups is 3. The quantitative estimate of drug-likeness (QED) is 0.838. The largest absolute Gasteiger partial charge is 0.444 e. The number of carbonyl (C=O) groups excluding carboxylic acids is 3. The van der Waals surface area contributed by atoms with Crippen molar-refractivity contribution in [1.29, 1.82) is 0 Å². The van der Waals surface area contributed by atoms with Crippen LogP contribution in [0.2, 0.25) is 0 Å². The molecule has 6 heteroatoms. The summed E-state index contributed by atoms with van der Waals surface area (Å²) >= 11 is 0. The first-order chi connectivity index (χ1) is 12.7. The maximum absolute atomic E-state index is 12.7. The molecule has 140 valence electrons. The number of alkyl carbamates (subject to hydrolysis) is 1. The Balaban J connectivity index is 1.82. The van der Waals surface area contributed by atoms with Crippen molar-refractivity contribution in [3.05, 3.63) is 64.7 Å². The van der Waals surface area contributed by atoms with Crippen LogP contribution in [-0.2, 0) is 11.3 Å². The van der Waals surface area contributed by atoms with E-state index in [0.29, 0.717) is 16.8 Å². The Kier molecular flexibility index (Phi) is 4.74. The maximum Gasteiger partial charge on any atom is 0.407 e. The zero-order valence-corrected chi connectivity index (χ0v) is 15.8. The van der Waals surface area contributed by atoms with Crippen molar-refractivity contribution in [2.24, 2.45) is 0 Å². The average Bonchev–Trinajstić information content (AvgIpc) is 2.83. The zero-order valence-electron chi connectivity index (χ0n) is 15.8. The van der Waals surface area contributed by atoms with Crippen LogP contribution in [0.1, 0.15) is 52.6 Å². The summed E-state index contributed by atoms with van der Waals surface area (Å²) in [5.74, 6) is -0.681. The Labute approximate surface area is 158 Å².